The minimum absolute atomic E-state index is 0.0854. The highest BCUT2D eigenvalue weighted by Crippen LogP contribution is 2.35. The van der Waals surface area contributed by atoms with Crippen molar-refractivity contribution in [2.75, 3.05) is 10.3 Å². The number of alkyl halides is 3. The van der Waals surface area contributed by atoms with Crippen molar-refractivity contribution in [1.82, 2.24) is 15.3 Å². The zero-order valence-electron chi connectivity index (χ0n) is 21.8. The molecule has 1 aliphatic rings. The minimum atomic E-state index is -4.37. The Morgan fingerprint density at radius 2 is 2.02 bits per heavy atom. The molecule has 4 rings (SSSR count). The van der Waals surface area contributed by atoms with Crippen LogP contribution in [0.5, 0.6) is 5.75 Å². The number of aromatic amines is 1. The first-order valence-corrected chi connectivity index (χ1v) is 13.2. The first kappa shape index (κ1) is 29.7. The van der Waals surface area contributed by atoms with E-state index in [0.29, 0.717) is 58.3 Å². The second-order valence-electron chi connectivity index (χ2n) is 9.62. The molecule has 1 aliphatic heterocycles. The van der Waals surface area contributed by atoms with Gasteiger partial charge in [0.1, 0.15) is 17.9 Å². The molecule has 3 aromatic rings. The molecule has 41 heavy (non-hydrogen) atoms. The Labute approximate surface area is 239 Å². The maximum Gasteiger partial charge on any atom is 0.391 e. The fraction of sp³-hybridized carbons (Fsp3) is 0.296. The number of nitrogens with two attached hydrogens (primary N) is 2. The summed E-state index contributed by atoms with van der Waals surface area (Å²) >= 11 is 6.13. The van der Waals surface area contributed by atoms with Gasteiger partial charge in [-0.3, -0.25) is 9.80 Å². The molecular weight excluding hydrogens is 561 g/mol. The number of aromatic hydroxyl groups is 1. The van der Waals surface area contributed by atoms with Crippen LogP contribution >= 0.6 is 11.6 Å². The van der Waals surface area contributed by atoms with Crippen LogP contribution in [0.3, 0.4) is 0 Å². The molecule has 2 heterocycles. The van der Waals surface area contributed by atoms with E-state index in [1.54, 1.807) is 36.5 Å². The van der Waals surface area contributed by atoms with Crippen molar-refractivity contribution in [3.63, 3.8) is 0 Å². The Morgan fingerprint density at radius 3 is 2.78 bits per heavy atom. The number of hydrazine groups is 1. The molecule has 10 nitrogen and oxygen atoms in total. The first-order chi connectivity index (χ1) is 19.5. The van der Waals surface area contributed by atoms with E-state index in [0.717, 1.165) is 0 Å². The van der Waals surface area contributed by atoms with Gasteiger partial charge in [0, 0.05) is 46.2 Å². The monoisotopic (exact) mass is 590 g/mol. The lowest BCUT2D eigenvalue weighted by atomic mass is 10.0. The summed E-state index contributed by atoms with van der Waals surface area (Å²) < 4.78 is 40.0. The number of phenolic OH excluding ortho intramolecular Hbond substituents is 1. The second-order valence-corrected chi connectivity index (χ2v) is 10.1. The van der Waals surface area contributed by atoms with Gasteiger partial charge in [0.25, 0.3) is 0 Å². The molecule has 0 saturated carbocycles. The number of hydrogen-bond donors (Lipinski definition) is 6. The Balaban J connectivity index is 1.59. The number of imidazole rings is 1. The number of carbonyl (C=O) groups excluding carboxylic acids is 1. The van der Waals surface area contributed by atoms with Crippen molar-refractivity contribution in [2.24, 2.45) is 16.8 Å². The Kier molecular flexibility index (Phi) is 9.40. The topological polar surface area (TPSA) is 158 Å². The van der Waals surface area contributed by atoms with Crippen molar-refractivity contribution in [2.45, 2.75) is 50.4 Å². The summed E-state index contributed by atoms with van der Waals surface area (Å²) in [6.45, 7) is 0. The lowest BCUT2D eigenvalue weighted by Crippen LogP contribution is -2.30. The first-order valence-electron chi connectivity index (χ1n) is 12.8. The molecule has 0 radical (unpaired) electrons. The van der Waals surface area contributed by atoms with Crippen LogP contribution in [-0.2, 0) is 4.79 Å². The van der Waals surface area contributed by atoms with E-state index in [1.165, 1.54) is 29.6 Å². The molecule has 2 atom stereocenters. The van der Waals surface area contributed by atoms with Crippen LogP contribution in [0.4, 0.5) is 24.5 Å². The van der Waals surface area contributed by atoms with E-state index in [1.807, 2.05) is 0 Å². The highest BCUT2D eigenvalue weighted by Gasteiger charge is 2.32. The number of anilines is 2. The minimum Gasteiger partial charge on any atom is -0.508 e. The van der Waals surface area contributed by atoms with Gasteiger partial charge in [0.2, 0.25) is 5.91 Å². The number of rotatable bonds is 6. The van der Waals surface area contributed by atoms with Crippen molar-refractivity contribution < 1.29 is 23.1 Å². The molecule has 1 aromatic heterocycles. The predicted molar refractivity (Wildman–Crippen MR) is 153 cm³/mol. The van der Waals surface area contributed by atoms with Crippen LogP contribution in [-0.4, -0.2) is 39.5 Å². The van der Waals surface area contributed by atoms with Crippen LogP contribution in [0.25, 0.3) is 17.3 Å². The predicted octanol–water partition coefficient (Wildman–Crippen LogP) is 5.20. The summed E-state index contributed by atoms with van der Waals surface area (Å²) in [5, 5.41) is 20.9. The van der Waals surface area contributed by atoms with E-state index >= 15 is 0 Å². The van der Waals surface area contributed by atoms with Crippen molar-refractivity contribution in [3.05, 3.63) is 65.1 Å². The van der Waals surface area contributed by atoms with Gasteiger partial charge in [0.05, 0.1) is 23.8 Å². The van der Waals surface area contributed by atoms with E-state index in [4.69, 9.17) is 23.3 Å². The molecule has 2 bridgehead atoms. The van der Waals surface area contributed by atoms with Gasteiger partial charge in [-0.1, -0.05) is 24.4 Å². The van der Waals surface area contributed by atoms with Crippen LogP contribution in [0.1, 0.15) is 49.5 Å². The van der Waals surface area contributed by atoms with Crippen LogP contribution < -0.4 is 27.3 Å². The maximum atomic E-state index is 13.3. The molecule has 0 fully saturated rings. The van der Waals surface area contributed by atoms with Crippen LogP contribution in [0.15, 0.2) is 53.8 Å². The molecule has 0 aliphatic carbocycles. The van der Waals surface area contributed by atoms with Gasteiger partial charge < -0.3 is 26.6 Å². The van der Waals surface area contributed by atoms with Gasteiger partial charge >= 0.3 is 6.18 Å². The van der Waals surface area contributed by atoms with Crippen LogP contribution in [0.2, 0.25) is 5.02 Å². The molecule has 8 N–H and O–H groups in total. The molecular formula is C27H30ClF3N8O2. The number of nitrogens with one attached hydrogen (secondary N) is 3. The van der Waals surface area contributed by atoms with E-state index < -0.39 is 30.6 Å². The Bertz CT molecular complexity index is 1430. The number of hydrazone groups is 1. The number of phenols is 1. The fourth-order valence-corrected chi connectivity index (χ4v) is 4.86. The largest absolute Gasteiger partial charge is 0.508 e. The molecule has 0 spiro atoms. The quantitative estimate of drug-likeness (QED) is 0.0757. The molecule has 2 aromatic carbocycles. The summed E-state index contributed by atoms with van der Waals surface area (Å²) in [5.74, 6) is 11.1. The number of carbonyl (C=O) groups is 1. The summed E-state index contributed by atoms with van der Waals surface area (Å²) in [6.07, 6.45) is 1.98. The normalized spacial score (nSPS) is 17.9. The number of fused-ring (bicyclic) bond motifs is 4. The van der Waals surface area contributed by atoms with Crippen LogP contribution in [0, 0.1) is 0 Å². The Morgan fingerprint density at radius 1 is 1.24 bits per heavy atom. The second kappa shape index (κ2) is 13.0. The average Bonchev–Trinajstić information content (AvgIpc) is 3.38. The number of halogens is 4. The highest BCUT2D eigenvalue weighted by molar-refractivity contribution is 6.30. The molecule has 1 amide bonds. The SMILES string of the molecule is N/N=C\N(N)c1ccc(Cl)cc1/C=C/C(=O)N[C@H]1CCCCC(CC(F)(F)F)Nc2cc(O)ccc2-c2c[nH]c1n2. The van der Waals surface area contributed by atoms with Crippen molar-refractivity contribution in [3.8, 4) is 17.0 Å². The van der Waals surface area contributed by atoms with Gasteiger partial charge in [-0.05, 0) is 49.2 Å². The number of amides is 1. The number of benzene rings is 2. The average molecular weight is 591 g/mol. The Hall–Kier alpha value is -4.23. The summed E-state index contributed by atoms with van der Waals surface area (Å²) in [4.78, 5) is 20.7. The van der Waals surface area contributed by atoms with Gasteiger partial charge in [0.15, 0.2) is 0 Å². The van der Waals surface area contributed by atoms with Crippen molar-refractivity contribution in [1.29, 1.82) is 0 Å². The van der Waals surface area contributed by atoms with Crippen molar-refractivity contribution >= 4 is 41.3 Å². The third-order valence-electron chi connectivity index (χ3n) is 6.53. The van der Waals surface area contributed by atoms with E-state index in [2.05, 4.69) is 25.7 Å². The number of nitrogens with zero attached hydrogens (tertiary/aromatic N) is 3. The summed E-state index contributed by atoms with van der Waals surface area (Å²) in [5.41, 5.74) is 2.35. The molecule has 0 saturated heterocycles. The van der Waals surface area contributed by atoms with Gasteiger partial charge in [-0.2, -0.15) is 18.3 Å². The molecule has 218 valence electrons. The third kappa shape index (κ3) is 8.14. The smallest absolute Gasteiger partial charge is 0.391 e. The molecule has 14 heteroatoms. The molecule has 1 unspecified atom stereocenters. The summed E-state index contributed by atoms with van der Waals surface area (Å²) in [6, 6.07) is 7.88. The fourth-order valence-electron chi connectivity index (χ4n) is 4.68. The number of hydrogen-bond acceptors (Lipinski definition) is 7. The summed E-state index contributed by atoms with van der Waals surface area (Å²) in [7, 11) is 0. The zero-order valence-corrected chi connectivity index (χ0v) is 22.6. The van der Waals surface area contributed by atoms with Gasteiger partial charge in [-0.25, -0.2) is 10.8 Å². The van der Waals surface area contributed by atoms with Gasteiger partial charge in [-0.15, -0.1) is 0 Å². The number of aromatic nitrogens is 2. The standard InChI is InChI=1S/C27H30ClF3N8O2/c28-17-6-9-24(39(33)15-35-32)16(11-17)5-10-25(41)37-21-4-2-1-3-18(13-27(29,30)31)36-22-12-19(40)7-8-20(22)23-14-34-26(21)38-23/h5-12,14-15,18,21,36,40H,1-4,13,32-33H2,(H,34,38)(H,37,41)/b10-5+,35-15-/t18?,21-/m0/s1. The van der Waals surface area contributed by atoms with E-state index in [9.17, 15) is 23.1 Å². The third-order valence-corrected chi connectivity index (χ3v) is 6.76. The lowest BCUT2D eigenvalue weighted by Gasteiger charge is -2.24. The van der Waals surface area contributed by atoms with E-state index in [-0.39, 0.29) is 12.2 Å². The zero-order chi connectivity index (χ0) is 29.6. The maximum absolute atomic E-state index is 13.3. The number of H-pyrrole nitrogens is 1. The lowest BCUT2D eigenvalue weighted by molar-refractivity contribution is -0.137. The highest BCUT2D eigenvalue weighted by atomic mass is 35.5.